The molecule has 10 nitrogen and oxygen atoms in total. The molecule has 0 heterocycles. The maximum absolute atomic E-state index is 14.9. The lowest BCUT2D eigenvalue weighted by Gasteiger charge is -2.20. The maximum Gasteiger partial charge on any atom is 0.328 e. The van der Waals surface area contributed by atoms with Gasteiger partial charge in [-0.3, -0.25) is 9.59 Å². The number of esters is 2. The highest BCUT2D eigenvalue weighted by Crippen LogP contribution is 2.38. The molecule has 0 aliphatic carbocycles. The van der Waals surface area contributed by atoms with E-state index in [4.69, 9.17) is 9.47 Å². The number of carbonyl (C=O) groups excluding carboxylic acids is 4. The van der Waals surface area contributed by atoms with Gasteiger partial charge in [0, 0.05) is 11.1 Å². The quantitative estimate of drug-likeness (QED) is 0.146. The monoisotopic (exact) mass is 648 g/mol. The Balaban J connectivity index is 1.76. The summed E-state index contributed by atoms with van der Waals surface area (Å²) in [4.78, 5) is 48.9. The van der Waals surface area contributed by atoms with Crippen LogP contribution in [-0.4, -0.2) is 50.1 Å². The third kappa shape index (κ3) is 8.11. The molecule has 2 N–H and O–H groups in total. The van der Waals surface area contributed by atoms with E-state index >= 15 is 0 Å². The fourth-order valence-electron chi connectivity index (χ4n) is 4.05. The maximum atomic E-state index is 14.9. The average Bonchev–Trinajstić information content (AvgIpc) is 3.04. The zero-order valence-electron chi connectivity index (χ0n) is 25.7. The van der Waals surface area contributed by atoms with Crippen LogP contribution < -0.4 is 20.1 Å². The Morgan fingerprint density at radius 2 is 0.826 bits per heavy atom. The van der Waals surface area contributed by atoms with Crippen LogP contribution in [0.25, 0.3) is 0 Å². The molecule has 0 aliphatic rings. The van der Waals surface area contributed by atoms with Crippen LogP contribution in [0.1, 0.15) is 48.4 Å². The van der Waals surface area contributed by atoms with Crippen molar-refractivity contribution in [2.24, 2.45) is 11.8 Å². The molecule has 0 unspecified atom stereocenters. The largest absolute Gasteiger partial charge is 0.467 e. The van der Waals surface area contributed by atoms with E-state index in [1.807, 2.05) is 0 Å². The normalized spacial score (nSPS) is 12.3. The second-order valence-corrected chi connectivity index (χ2v) is 10.6. The molecule has 0 saturated heterocycles. The Bertz CT molecular complexity index is 1450. The van der Waals surface area contributed by atoms with Crippen LogP contribution in [0.5, 0.6) is 23.0 Å². The fraction of sp³-hybridized carbons (Fsp3) is 0.312. The van der Waals surface area contributed by atoms with Crippen molar-refractivity contribution in [1.82, 2.24) is 10.6 Å². The zero-order valence-corrected chi connectivity index (χ0v) is 25.7. The second kappa shape index (κ2) is 15.2. The third-order valence-corrected chi connectivity index (χ3v) is 6.67. The highest BCUT2D eigenvalue weighted by Gasteiger charge is 2.30. The van der Waals surface area contributed by atoms with E-state index in [0.717, 1.165) is 24.3 Å². The van der Waals surface area contributed by atoms with Gasteiger partial charge >= 0.3 is 11.9 Å². The van der Waals surface area contributed by atoms with Crippen LogP contribution in [-0.2, 0) is 19.1 Å². The van der Waals surface area contributed by atoms with E-state index < -0.39 is 70.6 Å². The molecule has 3 aromatic rings. The van der Waals surface area contributed by atoms with Crippen molar-refractivity contribution in [3.8, 4) is 23.0 Å². The number of rotatable bonds is 12. The number of methoxy groups -OCH3 is 2. The van der Waals surface area contributed by atoms with Crippen molar-refractivity contribution in [2.75, 3.05) is 14.2 Å². The molecule has 0 aliphatic heterocycles. The van der Waals surface area contributed by atoms with E-state index in [2.05, 4.69) is 20.1 Å². The lowest BCUT2D eigenvalue weighted by atomic mass is 10.0. The van der Waals surface area contributed by atoms with Gasteiger partial charge in [-0.05, 0) is 60.4 Å². The molecule has 246 valence electrons. The number of nitrogens with one attached hydrogen (secondary N) is 2. The van der Waals surface area contributed by atoms with Crippen LogP contribution in [0.2, 0.25) is 0 Å². The minimum Gasteiger partial charge on any atom is -0.467 e. The number of hydrogen-bond acceptors (Lipinski definition) is 8. The molecule has 0 fully saturated rings. The van der Waals surface area contributed by atoms with Crippen molar-refractivity contribution in [2.45, 2.75) is 39.8 Å². The Morgan fingerprint density at radius 1 is 0.543 bits per heavy atom. The molecule has 0 saturated carbocycles. The number of amides is 2. The Kier molecular flexibility index (Phi) is 11.7. The summed E-state index contributed by atoms with van der Waals surface area (Å²) in [5, 5.41) is 5.03. The summed E-state index contributed by atoms with van der Waals surface area (Å²) in [7, 11) is 2.36. The second-order valence-electron chi connectivity index (χ2n) is 10.6. The summed E-state index contributed by atoms with van der Waals surface area (Å²) < 4.78 is 79.1. The molecule has 3 aromatic carbocycles. The van der Waals surface area contributed by atoms with Crippen molar-refractivity contribution in [1.29, 1.82) is 0 Å². The van der Waals surface area contributed by atoms with Crippen LogP contribution in [0.4, 0.5) is 17.6 Å². The number of ether oxygens (including phenoxy) is 4. The molecule has 2 atom stereocenters. The van der Waals surface area contributed by atoms with Gasteiger partial charge in [-0.1, -0.05) is 27.7 Å². The van der Waals surface area contributed by atoms with Crippen molar-refractivity contribution >= 4 is 23.8 Å². The van der Waals surface area contributed by atoms with Gasteiger partial charge in [0.2, 0.25) is 34.8 Å². The lowest BCUT2D eigenvalue weighted by Crippen LogP contribution is -2.45. The van der Waals surface area contributed by atoms with Crippen molar-refractivity contribution in [3.63, 3.8) is 0 Å². The summed E-state index contributed by atoms with van der Waals surface area (Å²) >= 11 is 0. The Morgan fingerprint density at radius 3 is 1.07 bits per heavy atom. The minimum atomic E-state index is -1.90. The van der Waals surface area contributed by atoms with Crippen molar-refractivity contribution < 1.29 is 55.7 Å². The first kappa shape index (κ1) is 35.3. The fourth-order valence-corrected chi connectivity index (χ4v) is 4.05. The Hall–Kier alpha value is -5.14. The first-order chi connectivity index (χ1) is 21.7. The van der Waals surface area contributed by atoms with E-state index in [0.29, 0.717) is 0 Å². The van der Waals surface area contributed by atoms with Gasteiger partial charge in [-0.25, -0.2) is 9.59 Å². The van der Waals surface area contributed by atoms with E-state index in [-0.39, 0.29) is 34.5 Å². The molecule has 14 heteroatoms. The standard InChI is InChI=1S/C32H32F4N2O8/c1-15(2)25(31(41)43-5)37-29(39)17-7-11-19(12-8-17)45-27-21(33)23(35)28(24(36)22(27)34)46-20-13-9-18(10-14-20)30(40)38-26(16(3)4)32(42)44-6/h7-16,25-26H,1-6H3,(H,37,39)(H,38,40)/t25-,26-/m1/s1. The SMILES string of the molecule is COC(=O)[C@H](NC(=O)c1ccc(Oc2c(F)c(F)c(Oc3ccc(C(=O)N[C@@H](C(=O)OC)C(C)C)cc3)c(F)c2F)cc1)C(C)C. The summed E-state index contributed by atoms with van der Waals surface area (Å²) in [6.07, 6.45) is 0. The molecule has 0 spiro atoms. The van der Waals surface area contributed by atoms with E-state index in [1.54, 1.807) is 27.7 Å². The third-order valence-electron chi connectivity index (χ3n) is 6.67. The van der Waals surface area contributed by atoms with E-state index in [1.165, 1.54) is 38.5 Å². The number of benzene rings is 3. The summed E-state index contributed by atoms with van der Waals surface area (Å²) in [5.41, 5.74) is 0.103. The number of hydrogen-bond donors (Lipinski definition) is 2. The molecular weight excluding hydrogens is 616 g/mol. The number of carbonyl (C=O) groups is 4. The van der Waals surface area contributed by atoms with Crippen molar-refractivity contribution in [3.05, 3.63) is 82.9 Å². The van der Waals surface area contributed by atoms with Gasteiger partial charge in [0.05, 0.1) is 14.2 Å². The average molecular weight is 649 g/mol. The molecule has 0 bridgehead atoms. The smallest absolute Gasteiger partial charge is 0.328 e. The highest BCUT2D eigenvalue weighted by atomic mass is 19.2. The predicted octanol–water partition coefficient (Wildman–Crippen LogP) is 5.68. The van der Waals surface area contributed by atoms with Crippen LogP contribution in [0, 0.1) is 35.1 Å². The minimum absolute atomic E-state index is 0.0515. The molecule has 2 amide bonds. The zero-order chi connectivity index (χ0) is 34.3. The molecule has 46 heavy (non-hydrogen) atoms. The lowest BCUT2D eigenvalue weighted by molar-refractivity contribution is -0.144. The van der Waals surface area contributed by atoms with Gasteiger partial charge in [-0.2, -0.15) is 17.6 Å². The van der Waals surface area contributed by atoms with Gasteiger partial charge < -0.3 is 29.6 Å². The van der Waals surface area contributed by atoms with Gasteiger partial charge in [0.25, 0.3) is 11.8 Å². The van der Waals surface area contributed by atoms with E-state index in [9.17, 15) is 36.7 Å². The van der Waals surface area contributed by atoms with Crippen LogP contribution in [0.15, 0.2) is 48.5 Å². The number of halogens is 4. The predicted molar refractivity (Wildman–Crippen MR) is 156 cm³/mol. The van der Waals surface area contributed by atoms with Gasteiger partial charge in [-0.15, -0.1) is 0 Å². The molecule has 0 aromatic heterocycles. The van der Waals surface area contributed by atoms with Crippen LogP contribution >= 0.6 is 0 Å². The van der Waals surface area contributed by atoms with Crippen LogP contribution in [0.3, 0.4) is 0 Å². The van der Waals surface area contributed by atoms with Gasteiger partial charge in [0.15, 0.2) is 0 Å². The molecule has 3 rings (SSSR count). The highest BCUT2D eigenvalue weighted by molar-refractivity contribution is 5.97. The topological polar surface area (TPSA) is 129 Å². The molecular formula is C32H32F4N2O8. The van der Waals surface area contributed by atoms with Gasteiger partial charge in [0.1, 0.15) is 23.6 Å². The Labute approximate surface area is 262 Å². The summed E-state index contributed by atoms with van der Waals surface area (Å²) in [5.74, 6) is -14.1. The summed E-state index contributed by atoms with van der Waals surface area (Å²) in [6.45, 7) is 6.80. The molecule has 0 radical (unpaired) electrons. The summed E-state index contributed by atoms with van der Waals surface area (Å²) in [6, 6.07) is 7.48. The first-order valence-corrected chi connectivity index (χ1v) is 13.9. The first-order valence-electron chi connectivity index (χ1n) is 13.9.